The maximum Gasteiger partial charge on any atom is 0.127 e. The minimum Gasteiger partial charge on any atom is -0.493 e. The first-order valence-corrected chi connectivity index (χ1v) is 7.22. The van der Waals surface area contributed by atoms with E-state index in [1.807, 2.05) is 6.92 Å². The Morgan fingerprint density at radius 3 is 2.84 bits per heavy atom. The van der Waals surface area contributed by atoms with Gasteiger partial charge in [0, 0.05) is 18.6 Å². The molecule has 0 fully saturated rings. The van der Waals surface area contributed by atoms with Crippen LogP contribution in [0.2, 0.25) is 0 Å². The van der Waals surface area contributed by atoms with Crippen molar-refractivity contribution in [2.24, 2.45) is 0 Å². The zero-order valence-electron chi connectivity index (χ0n) is 12.5. The van der Waals surface area contributed by atoms with E-state index in [0.29, 0.717) is 6.61 Å². The summed E-state index contributed by atoms with van der Waals surface area (Å²) in [6, 6.07) is 6.57. The highest BCUT2D eigenvalue weighted by Crippen LogP contribution is 2.38. The highest BCUT2D eigenvalue weighted by molar-refractivity contribution is 5.46. The monoisotopic (exact) mass is 263 g/mol. The molecule has 0 aliphatic carbocycles. The Morgan fingerprint density at radius 1 is 1.37 bits per heavy atom. The summed E-state index contributed by atoms with van der Waals surface area (Å²) in [5.41, 5.74) is 2.27. The quantitative estimate of drug-likeness (QED) is 0.855. The summed E-state index contributed by atoms with van der Waals surface area (Å²) in [6.45, 7) is 10.8. The van der Waals surface area contributed by atoms with Crippen molar-refractivity contribution >= 4 is 0 Å². The zero-order chi connectivity index (χ0) is 13.9. The van der Waals surface area contributed by atoms with Crippen LogP contribution in [0.1, 0.15) is 44.9 Å². The summed E-state index contributed by atoms with van der Waals surface area (Å²) in [5, 5.41) is 3.55. The highest BCUT2D eigenvalue weighted by atomic mass is 16.5. The fraction of sp³-hybridized carbons (Fsp3) is 0.625. The smallest absolute Gasteiger partial charge is 0.127 e. The van der Waals surface area contributed by atoms with E-state index in [-0.39, 0.29) is 11.6 Å². The standard InChI is InChI=1S/C16H25NO2/c1-5-17-15(16(3,4)19-6-2)13-9-7-8-12-10-11-18-14(12)13/h7-9,15,17H,5-6,10-11H2,1-4H3. The lowest BCUT2D eigenvalue weighted by Gasteiger charge is -2.35. The molecule has 1 aromatic rings. The van der Waals surface area contributed by atoms with Crippen LogP contribution in [0.25, 0.3) is 0 Å². The molecule has 0 saturated carbocycles. The maximum atomic E-state index is 5.94. The van der Waals surface area contributed by atoms with Crippen LogP contribution in [0.4, 0.5) is 0 Å². The molecule has 0 spiro atoms. The number of likely N-dealkylation sites (N-methyl/N-ethyl adjacent to an activating group) is 1. The van der Waals surface area contributed by atoms with Crippen molar-refractivity contribution < 1.29 is 9.47 Å². The molecular formula is C16H25NO2. The summed E-state index contributed by atoms with van der Waals surface area (Å²) in [6.07, 6.45) is 1.01. The Kier molecular flexibility index (Phi) is 4.48. The molecule has 0 radical (unpaired) electrons. The fourth-order valence-corrected chi connectivity index (χ4v) is 2.86. The van der Waals surface area contributed by atoms with Crippen LogP contribution in [-0.4, -0.2) is 25.4 Å². The zero-order valence-corrected chi connectivity index (χ0v) is 12.5. The SMILES string of the molecule is CCNC(c1cccc2c1OCC2)C(C)(C)OCC. The maximum absolute atomic E-state index is 5.94. The van der Waals surface area contributed by atoms with Gasteiger partial charge in [0.15, 0.2) is 0 Å². The lowest BCUT2D eigenvalue weighted by Crippen LogP contribution is -2.41. The van der Waals surface area contributed by atoms with Gasteiger partial charge in [-0.15, -0.1) is 0 Å². The average Bonchev–Trinajstić information content (AvgIpc) is 2.84. The van der Waals surface area contributed by atoms with Crippen LogP contribution < -0.4 is 10.1 Å². The molecule has 0 saturated heterocycles. The second-order valence-electron chi connectivity index (χ2n) is 5.46. The number of rotatable bonds is 6. The van der Waals surface area contributed by atoms with Crippen LogP contribution in [0, 0.1) is 0 Å². The Hall–Kier alpha value is -1.06. The molecule has 1 unspecified atom stereocenters. The third-order valence-corrected chi connectivity index (χ3v) is 3.68. The van der Waals surface area contributed by atoms with Gasteiger partial charge in [-0.1, -0.05) is 25.1 Å². The summed E-state index contributed by atoms with van der Waals surface area (Å²) in [5.74, 6) is 1.06. The van der Waals surface area contributed by atoms with Crippen molar-refractivity contribution in [3.8, 4) is 5.75 Å². The third-order valence-electron chi connectivity index (χ3n) is 3.68. The Balaban J connectivity index is 2.37. The van der Waals surface area contributed by atoms with Crippen molar-refractivity contribution in [1.29, 1.82) is 0 Å². The highest BCUT2D eigenvalue weighted by Gasteiger charge is 2.34. The predicted octanol–water partition coefficient (Wildman–Crippen LogP) is 3.09. The molecule has 3 heteroatoms. The van der Waals surface area contributed by atoms with E-state index in [1.165, 1.54) is 11.1 Å². The second kappa shape index (κ2) is 5.93. The van der Waals surface area contributed by atoms with Gasteiger partial charge in [-0.25, -0.2) is 0 Å². The first kappa shape index (κ1) is 14.4. The molecule has 2 rings (SSSR count). The van der Waals surface area contributed by atoms with Crippen LogP contribution in [0.3, 0.4) is 0 Å². The summed E-state index contributed by atoms with van der Waals surface area (Å²) in [4.78, 5) is 0. The van der Waals surface area contributed by atoms with Gasteiger partial charge in [0.25, 0.3) is 0 Å². The molecule has 1 atom stereocenters. The topological polar surface area (TPSA) is 30.5 Å². The van der Waals surface area contributed by atoms with Crippen molar-refractivity contribution in [1.82, 2.24) is 5.32 Å². The van der Waals surface area contributed by atoms with Crippen molar-refractivity contribution in [3.63, 3.8) is 0 Å². The van der Waals surface area contributed by atoms with Crippen LogP contribution in [-0.2, 0) is 11.2 Å². The van der Waals surface area contributed by atoms with E-state index in [4.69, 9.17) is 9.47 Å². The molecule has 3 nitrogen and oxygen atoms in total. The molecule has 0 aromatic heterocycles. The van der Waals surface area contributed by atoms with E-state index in [2.05, 4.69) is 44.3 Å². The number of nitrogens with one attached hydrogen (secondary N) is 1. The van der Waals surface area contributed by atoms with Crippen molar-refractivity contribution in [2.45, 2.75) is 45.8 Å². The van der Waals surface area contributed by atoms with Gasteiger partial charge in [0.05, 0.1) is 18.2 Å². The summed E-state index contributed by atoms with van der Waals surface area (Å²) < 4.78 is 11.8. The lowest BCUT2D eigenvalue weighted by atomic mass is 9.89. The number of ether oxygens (including phenoxy) is 2. The Labute approximate surface area is 116 Å². The molecule has 1 aliphatic heterocycles. The minimum absolute atomic E-state index is 0.144. The predicted molar refractivity (Wildman–Crippen MR) is 77.8 cm³/mol. The summed E-state index contributed by atoms with van der Waals surface area (Å²) in [7, 11) is 0. The third kappa shape index (κ3) is 2.93. The Bertz CT molecular complexity index is 429. The number of hydrogen-bond acceptors (Lipinski definition) is 3. The largest absolute Gasteiger partial charge is 0.493 e. The average molecular weight is 263 g/mol. The van der Waals surface area contributed by atoms with Gasteiger partial charge in [-0.05, 0) is 32.9 Å². The van der Waals surface area contributed by atoms with Gasteiger partial charge >= 0.3 is 0 Å². The van der Waals surface area contributed by atoms with Crippen LogP contribution in [0.5, 0.6) is 5.75 Å². The van der Waals surface area contributed by atoms with E-state index in [0.717, 1.165) is 25.3 Å². The minimum atomic E-state index is -0.258. The van der Waals surface area contributed by atoms with Gasteiger partial charge in [-0.3, -0.25) is 0 Å². The number of benzene rings is 1. The van der Waals surface area contributed by atoms with Crippen LogP contribution in [0.15, 0.2) is 18.2 Å². The van der Waals surface area contributed by atoms with Crippen molar-refractivity contribution in [2.75, 3.05) is 19.8 Å². The normalized spacial score (nSPS) is 16.0. The Morgan fingerprint density at radius 2 is 2.16 bits per heavy atom. The lowest BCUT2D eigenvalue weighted by molar-refractivity contribution is -0.0393. The number of para-hydroxylation sites is 1. The van der Waals surface area contributed by atoms with E-state index in [9.17, 15) is 0 Å². The number of fused-ring (bicyclic) bond motifs is 1. The molecule has 1 aromatic carbocycles. The molecule has 1 N–H and O–H groups in total. The van der Waals surface area contributed by atoms with Gasteiger partial charge in [-0.2, -0.15) is 0 Å². The van der Waals surface area contributed by atoms with E-state index >= 15 is 0 Å². The van der Waals surface area contributed by atoms with Crippen LogP contribution >= 0.6 is 0 Å². The first-order valence-electron chi connectivity index (χ1n) is 7.22. The second-order valence-corrected chi connectivity index (χ2v) is 5.46. The molecule has 106 valence electrons. The molecule has 1 heterocycles. The van der Waals surface area contributed by atoms with E-state index < -0.39 is 0 Å². The number of hydrogen-bond donors (Lipinski definition) is 1. The van der Waals surface area contributed by atoms with Gasteiger partial charge < -0.3 is 14.8 Å². The first-order chi connectivity index (χ1) is 9.10. The molecule has 0 amide bonds. The molecule has 1 aliphatic rings. The van der Waals surface area contributed by atoms with Crippen molar-refractivity contribution in [3.05, 3.63) is 29.3 Å². The fourth-order valence-electron chi connectivity index (χ4n) is 2.86. The van der Waals surface area contributed by atoms with Gasteiger partial charge in [0.1, 0.15) is 5.75 Å². The molecule has 19 heavy (non-hydrogen) atoms. The van der Waals surface area contributed by atoms with Gasteiger partial charge in [0.2, 0.25) is 0 Å². The molecule has 0 bridgehead atoms. The van der Waals surface area contributed by atoms with E-state index in [1.54, 1.807) is 0 Å². The summed E-state index contributed by atoms with van der Waals surface area (Å²) >= 11 is 0. The molecular weight excluding hydrogens is 238 g/mol.